The van der Waals surface area contributed by atoms with Crippen LogP contribution < -0.4 is 0 Å². The van der Waals surface area contributed by atoms with Crippen molar-refractivity contribution in [2.45, 2.75) is 95.7 Å². The van der Waals surface area contributed by atoms with Crippen molar-refractivity contribution in [3.63, 3.8) is 0 Å². The number of carboxylic acid groups (broad SMARTS) is 1. The Bertz CT molecular complexity index is 366. The number of hydrogen-bond donors (Lipinski definition) is 3. The predicted molar refractivity (Wildman–Crippen MR) is 92.3 cm³/mol. The Labute approximate surface area is 140 Å². The number of unbranched alkanes of at least 4 members (excludes halogenated alkanes) is 5. The Hall–Kier alpha value is -0.870. The Kier molecular flexibility index (Phi) is 9.49. The first-order valence-corrected chi connectivity index (χ1v) is 9.26. The van der Waals surface area contributed by atoms with Gasteiger partial charge >= 0.3 is 5.97 Å². The quantitative estimate of drug-likeness (QED) is 0.395. The molecule has 0 aromatic rings. The molecule has 134 valence electrons. The molecular weight excluding hydrogens is 292 g/mol. The van der Waals surface area contributed by atoms with Crippen LogP contribution in [-0.4, -0.2) is 33.0 Å². The third-order valence-corrected chi connectivity index (χ3v) is 4.80. The summed E-state index contributed by atoms with van der Waals surface area (Å²) in [6.07, 6.45) is 14.1. The normalized spacial score (nSPS) is 26.5. The van der Waals surface area contributed by atoms with Gasteiger partial charge in [-0.15, -0.1) is 0 Å². The minimum absolute atomic E-state index is 0.173. The van der Waals surface area contributed by atoms with Gasteiger partial charge < -0.3 is 15.3 Å². The van der Waals surface area contributed by atoms with Gasteiger partial charge in [-0.05, 0) is 38.0 Å². The lowest BCUT2D eigenvalue weighted by Crippen LogP contribution is -2.37. The first kappa shape index (κ1) is 20.2. The molecule has 0 radical (unpaired) electrons. The van der Waals surface area contributed by atoms with Gasteiger partial charge in [0.15, 0.2) is 0 Å². The van der Waals surface area contributed by atoms with Gasteiger partial charge in [0.2, 0.25) is 0 Å². The highest BCUT2D eigenvalue weighted by atomic mass is 16.4. The maximum absolute atomic E-state index is 10.8. The van der Waals surface area contributed by atoms with Crippen molar-refractivity contribution in [1.29, 1.82) is 0 Å². The summed E-state index contributed by atoms with van der Waals surface area (Å²) in [5.74, 6) is -0.771. The zero-order valence-corrected chi connectivity index (χ0v) is 14.5. The number of hydrogen-bond acceptors (Lipinski definition) is 3. The van der Waals surface area contributed by atoms with Gasteiger partial charge in [-0.1, -0.05) is 57.6 Å². The minimum Gasteiger partial charge on any atom is -0.481 e. The van der Waals surface area contributed by atoms with Crippen molar-refractivity contribution in [3.05, 3.63) is 12.2 Å². The molecule has 1 fully saturated rings. The third kappa shape index (κ3) is 9.11. The number of carbonyl (C=O) groups is 1. The highest BCUT2D eigenvalue weighted by Crippen LogP contribution is 2.35. The maximum atomic E-state index is 10.8. The molecule has 0 aliphatic heterocycles. The SMILES string of the molecule is CCCCCCCC[C@@H](O)/C=C/[C@@H]1CCC[C@](O)(CC(=O)O)C1. The van der Waals surface area contributed by atoms with Gasteiger partial charge in [0.25, 0.3) is 0 Å². The summed E-state index contributed by atoms with van der Waals surface area (Å²) in [7, 11) is 0. The van der Waals surface area contributed by atoms with Crippen molar-refractivity contribution in [2.24, 2.45) is 5.92 Å². The minimum atomic E-state index is -1.08. The van der Waals surface area contributed by atoms with Gasteiger partial charge in [-0.25, -0.2) is 0 Å². The van der Waals surface area contributed by atoms with Crippen LogP contribution in [0.2, 0.25) is 0 Å². The van der Waals surface area contributed by atoms with Crippen LogP contribution >= 0.6 is 0 Å². The molecule has 3 N–H and O–H groups in total. The van der Waals surface area contributed by atoms with E-state index in [1.165, 1.54) is 32.1 Å². The van der Waals surface area contributed by atoms with E-state index in [2.05, 4.69) is 6.92 Å². The Morgan fingerprint density at radius 1 is 1.26 bits per heavy atom. The molecule has 1 aliphatic rings. The van der Waals surface area contributed by atoms with E-state index in [0.717, 1.165) is 25.7 Å². The average Bonchev–Trinajstić information content (AvgIpc) is 2.47. The van der Waals surface area contributed by atoms with Gasteiger partial charge in [0.1, 0.15) is 0 Å². The van der Waals surface area contributed by atoms with Crippen LogP contribution in [0.1, 0.15) is 84.0 Å². The summed E-state index contributed by atoms with van der Waals surface area (Å²) >= 11 is 0. The fourth-order valence-electron chi connectivity index (χ4n) is 3.51. The summed E-state index contributed by atoms with van der Waals surface area (Å²) < 4.78 is 0. The second-order valence-electron chi connectivity index (χ2n) is 7.16. The average molecular weight is 326 g/mol. The molecule has 0 aromatic carbocycles. The predicted octanol–water partition coefficient (Wildman–Crippen LogP) is 4.05. The summed E-state index contributed by atoms with van der Waals surface area (Å²) in [6.45, 7) is 2.21. The van der Waals surface area contributed by atoms with Gasteiger partial charge in [0.05, 0.1) is 18.1 Å². The molecule has 4 nitrogen and oxygen atoms in total. The summed E-state index contributed by atoms with van der Waals surface area (Å²) in [5, 5.41) is 29.3. The zero-order valence-electron chi connectivity index (χ0n) is 14.5. The Balaban J connectivity index is 2.25. The topological polar surface area (TPSA) is 77.8 Å². The number of aliphatic hydroxyl groups is 2. The van der Waals surface area contributed by atoms with Crippen LogP contribution in [0.5, 0.6) is 0 Å². The zero-order chi connectivity index (χ0) is 17.1. The van der Waals surface area contributed by atoms with Gasteiger partial charge in [-0.3, -0.25) is 4.79 Å². The molecule has 0 bridgehead atoms. The van der Waals surface area contributed by atoms with Crippen LogP contribution in [0.4, 0.5) is 0 Å². The smallest absolute Gasteiger partial charge is 0.306 e. The fraction of sp³-hybridized carbons (Fsp3) is 0.842. The van der Waals surface area contributed by atoms with Gasteiger partial charge in [0, 0.05) is 0 Å². The molecule has 1 saturated carbocycles. The second-order valence-corrected chi connectivity index (χ2v) is 7.16. The number of aliphatic carboxylic acids is 1. The summed E-state index contributed by atoms with van der Waals surface area (Å²) in [4.78, 5) is 10.8. The van der Waals surface area contributed by atoms with E-state index in [1.807, 2.05) is 12.2 Å². The highest BCUT2D eigenvalue weighted by Gasteiger charge is 2.35. The van der Waals surface area contributed by atoms with Crippen molar-refractivity contribution in [2.75, 3.05) is 0 Å². The van der Waals surface area contributed by atoms with E-state index in [4.69, 9.17) is 5.11 Å². The van der Waals surface area contributed by atoms with Crippen LogP contribution in [-0.2, 0) is 4.79 Å². The molecule has 3 atom stereocenters. The van der Waals surface area contributed by atoms with E-state index in [0.29, 0.717) is 12.8 Å². The molecule has 0 unspecified atom stereocenters. The molecule has 0 saturated heterocycles. The van der Waals surface area contributed by atoms with E-state index >= 15 is 0 Å². The monoisotopic (exact) mass is 326 g/mol. The number of aliphatic hydroxyl groups excluding tert-OH is 1. The largest absolute Gasteiger partial charge is 0.481 e. The molecule has 0 aromatic heterocycles. The number of rotatable bonds is 11. The number of allylic oxidation sites excluding steroid dienone is 1. The van der Waals surface area contributed by atoms with Crippen molar-refractivity contribution < 1.29 is 20.1 Å². The molecular formula is C19H34O4. The van der Waals surface area contributed by atoms with Crippen LogP contribution in [0.3, 0.4) is 0 Å². The molecule has 4 heteroatoms. The first-order chi connectivity index (χ1) is 10.9. The van der Waals surface area contributed by atoms with Gasteiger partial charge in [-0.2, -0.15) is 0 Å². The van der Waals surface area contributed by atoms with Crippen LogP contribution in [0.25, 0.3) is 0 Å². The summed E-state index contributed by atoms with van der Waals surface area (Å²) in [5.41, 5.74) is -1.08. The van der Waals surface area contributed by atoms with Crippen LogP contribution in [0.15, 0.2) is 12.2 Å². The molecule has 23 heavy (non-hydrogen) atoms. The fourth-order valence-corrected chi connectivity index (χ4v) is 3.51. The highest BCUT2D eigenvalue weighted by molar-refractivity contribution is 5.68. The van der Waals surface area contributed by atoms with E-state index in [-0.39, 0.29) is 12.3 Å². The van der Waals surface area contributed by atoms with Crippen molar-refractivity contribution in [1.82, 2.24) is 0 Å². The lowest BCUT2D eigenvalue weighted by Gasteiger charge is -2.34. The lowest BCUT2D eigenvalue weighted by atomic mass is 9.76. The number of carboxylic acids is 1. The van der Waals surface area contributed by atoms with Crippen molar-refractivity contribution >= 4 is 5.97 Å². The van der Waals surface area contributed by atoms with E-state index in [9.17, 15) is 15.0 Å². The summed E-state index contributed by atoms with van der Waals surface area (Å²) in [6, 6.07) is 0. The molecule has 0 amide bonds. The maximum Gasteiger partial charge on any atom is 0.306 e. The Morgan fingerprint density at radius 3 is 2.65 bits per heavy atom. The lowest BCUT2D eigenvalue weighted by molar-refractivity contribution is -0.144. The first-order valence-electron chi connectivity index (χ1n) is 9.26. The molecule has 0 heterocycles. The second kappa shape index (κ2) is 10.8. The Morgan fingerprint density at radius 2 is 1.96 bits per heavy atom. The van der Waals surface area contributed by atoms with E-state index in [1.54, 1.807) is 0 Å². The third-order valence-electron chi connectivity index (χ3n) is 4.80. The molecule has 1 rings (SSSR count). The van der Waals surface area contributed by atoms with Crippen LogP contribution in [0, 0.1) is 5.92 Å². The standard InChI is InChI=1S/C19H34O4/c1-2-3-4-5-6-7-10-17(20)12-11-16-9-8-13-19(23,14-16)15-18(21)22/h11-12,16-17,20,23H,2-10,13-15H2,1H3,(H,21,22)/b12-11+/t16-,17+,19+/m0/s1. The van der Waals surface area contributed by atoms with E-state index < -0.39 is 17.7 Å². The molecule has 1 aliphatic carbocycles. The van der Waals surface area contributed by atoms with Crippen molar-refractivity contribution in [3.8, 4) is 0 Å². The molecule has 0 spiro atoms.